The molecule has 0 aromatic heterocycles. The summed E-state index contributed by atoms with van der Waals surface area (Å²) in [5, 5.41) is 0. The van der Waals surface area contributed by atoms with E-state index in [1.54, 1.807) is 0 Å². The quantitative estimate of drug-likeness (QED) is 0.281. The fourth-order valence-corrected chi connectivity index (χ4v) is 1.87. The van der Waals surface area contributed by atoms with Gasteiger partial charge in [-0.05, 0) is 31.8 Å². The van der Waals surface area contributed by atoms with Gasteiger partial charge in [0.2, 0.25) is 0 Å². The second kappa shape index (κ2) is 10.2. The zero-order chi connectivity index (χ0) is 15.5. The Morgan fingerprint density at radius 3 is 2.10 bits per heavy atom. The van der Waals surface area contributed by atoms with Gasteiger partial charge < -0.3 is 9.47 Å². The minimum absolute atomic E-state index is 0.279. The topological polar surface area (TPSA) is 52.6 Å². The molecular weight excluding hydrogens is 256 g/mol. The van der Waals surface area contributed by atoms with Gasteiger partial charge in [-0.3, -0.25) is 9.59 Å². The summed E-state index contributed by atoms with van der Waals surface area (Å²) >= 11 is 0. The van der Waals surface area contributed by atoms with Crippen LogP contribution in [0.1, 0.15) is 46.0 Å². The second-order valence-corrected chi connectivity index (χ2v) is 4.81. The lowest BCUT2D eigenvalue weighted by molar-refractivity contribution is -0.158. The largest absolute Gasteiger partial charge is 0.468 e. The molecule has 4 heteroatoms. The Morgan fingerprint density at radius 2 is 1.70 bits per heavy atom. The van der Waals surface area contributed by atoms with Crippen LogP contribution in [0.5, 0.6) is 0 Å². The monoisotopic (exact) mass is 282 g/mol. The van der Waals surface area contributed by atoms with Crippen molar-refractivity contribution in [2.24, 2.45) is 5.92 Å². The zero-order valence-corrected chi connectivity index (χ0v) is 13.0. The second-order valence-electron chi connectivity index (χ2n) is 4.81. The molecule has 0 saturated heterocycles. The predicted molar refractivity (Wildman–Crippen MR) is 79.2 cm³/mol. The third-order valence-electron chi connectivity index (χ3n) is 3.14. The lowest BCUT2D eigenvalue weighted by Crippen LogP contribution is -2.27. The standard InChI is InChI=1S/C16H26O4/c1-6-7-8-9-10-13(12(2)3)11-14(15(17)19-4)16(18)20-5/h10,14H,2,6-9,11H2,1,3-5H3/b13-10-. The van der Waals surface area contributed by atoms with E-state index in [1.807, 2.05) is 6.92 Å². The van der Waals surface area contributed by atoms with E-state index in [4.69, 9.17) is 0 Å². The molecule has 0 aromatic carbocycles. The first-order valence-corrected chi connectivity index (χ1v) is 6.98. The number of hydrogen-bond acceptors (Lipinski definition) is 4. The van der Waals surface area contributed by atoms with E-state index in [-0.39, 0.29) is 6.42 Å². The molecule has 20 heavy (non-hydrogen) atoms. The summed E-state index contributed by atoms with van der Waals surface area (Å²) in [5.41, 5.74) is 1.78. The van der Waals surface area contributed by atoms with E-state index in [0.717, 1.165) is 36.8 Å². The van der Waals surface area contributed by atoms with Crippen LogP contribution in [0.4, 0.5) is 0 Å². The smallest absolute Gasteiger partial charge is 0.320 e. The maximum absolute atomic E-state index is 11.7. The summed E-state index contributed by atoms with van der Waals surface area (Å²) in [6, 6.07) is 0. The highest BCUT2D eigenvalue weighted by atomic mass is 16.5. The Hall–Kier alpha value is -1.58. The van der Waals surface area contributed by atoms with Crippen LogP contribution in [-0.2, 0) is 19.1 Å². The highest BCUT2D eigenvalue weighted by molar-refractivity contribution is 5.95. The first-order chi connectivity index (χ1) is 9.47. The van der Waals surface area contributed by atoms with Crippen molar-refractivity contribution < 1.29 is 19.1 Å². The highest BCUT2D eigenvalue weighted by Crippen LogP contribution is 2.21. The summed E-state index contributed by atoms with van der Waals surface area (Å²) < 4.78 is 9.32. The molecule has 114 valence electrons. The van der Waals surface area contributed by atoms with Crippen LogP contribution in [-0.4, -0.2) is 26.2 Å². The number of ether oxygens (including phenoxy) is 2. The minimum atomic E-state index is -0.917. The lowest BCUT2D eigenvalue weighted by Gasteiger charge is -2.15. The van der Waals surface area contributed by atoms with Gasteiger partial charge in [-0.15, -0.1) is 0 Å². The third kappa shape index (κ3) is 6.55. The van der Waals surface area contributed by atoms with E-state index in [9.17, 15) is 9.59 Å². The van der Waals surface area contributed by atoms with Crippen molar-refractivity contribution in [2.45, 2.75) is 46.0 Å². The first kappa shape index (κ1) is 18.4. The number of hydrogen-bond donors (Lipinski definition) is 0. The Bertz CT molecular complexity index is 353. The number of allylic oxidation sites excluding steroid dienone is 3. The number of unbranched alkanes of at least 4 members (excludes halogenated alkanes) is 3. The van der Waals surface area contributed by atoms with Crippen molar-refractivity contribution in [1.82, 2.24) is 0 Å². The molecule has 0 spiro atoms. The van der Waals surface area contributed by atoms with E-state index < -0.39 is 17.9 Å². The van der Waals surface area contributed by atoms with Crippen LogP contribution in [0.2, 0.25) is 0 Å². The molecule has 0 fully saturated rings. The minimum Gasteiger partial charge on any atom is -0.468 e. The summed E-state index contributed by atoms with van der Waals surface area (Å²) in [6.07, 6.45) is 6.66. The van der Waals surface area contributed by atoms with Gasteiger partial charge in [0.1, 0.15) is 0 Å². The van der Waals surface area contributed by atoms with Gasteiger partial charge in [0, 0.05) is 0 Å². The van der Waals surface area contributed by atoms with Gasteiger partial charge in [-0.1, -0.05) is 38.0 Å². The number of carbonyl (C=O) groups excluding carboxylic acids is 2. The molecule has 0 aliphatic rings. The summed E-state index contributed by atoms with van der Waals surface area (Å²) in [5.74, 6) is -2.06. The molecular formula is C16H26O4. The van der Waals surface area contributed by atoms with Crippen LogP contribution < -0.4 is 0 Å². The van der Waals surface area contributed by atoms with E-state index in [0.29, 0.717) is 0 Å². The molecule has 0 heterocycles. The fraction of sp³-hybridized carbons (Fsp3) is 0.625. The molecule has 0 aliphatic carbocycles. The molecule has 0 N–H and O–H groups in total. The zero-order valence-electron chi connectivity index (χ0n) is 13.0. The molecule has 0 amide bonds. The molecule has 4 nitrogen and oxygen atoms in total. The molecule has 0 aromatic rings. The van der Waals surface area contributed by atoms with Crippen LogP contribution in [0, 0.1) is 5.92 Å². The van der Waals surface area contributed by atoms with E-state index in [1.165, 1.54) is 14.2 Å². The Balaban J connectivity index is 4.86. The van der Waals surface area contributed by atoms with Gasteiger partial charge in [-0.25, -0.2) is 0 Å². The van der Waals surface area contributed by atoms with Gasteiger partial charge in [-0.2, -0.15) is 0 Å². The lowest BCUT2D eigenvalue weighted by atomic mass is 9.94. The number of esters is 2. The molecule has 0 atom stereocenters. The SMILES string of the molecule is C=C(C)/C(=C\CCCCC)CC(C(=O)OC)C(=O)OC. The van der Waals surface area contributed by atoms with Gasteiger partial charge in [0.05, 0.1) is 14.2 Å². The molecule has 0 aliphatic heterocycles. The van der Waals surface area contributed by atoms with Crippen molar-refractivity contribution in [3.63, 3.8) is 0 Å². The fourth-order valence-electron chi connectivity index (χ4n) is 1.87. The highest BCUT2D eigenvalue weighted by Gasteiger charge is 2.29. The number of carbonyl (C=O) groups is 2. The maximum atomic E-state index is 11.7. The van der Waals surface area contributed by atoms with Crippen molar-refractivity contribution in [3.8, 4) is 0 Å². The molecule has 0 saturated carbocycles. The maximum Gasteiger partial charge on any atom is 0.320 e. The van der Waals surface area contributed by atoms with E-state index in [2.05, 4.69) is 29.1 Å². The van der Waals surface area contributed by atoms with Crippen LogP contribution in [0.15, 0.2) is 23.8 Å². The first-order valence-electron chi connectivity index (χ1n) is 6.98. The molecule has 0 rings (SSSR count). The Labute approximate surface area is 121 Å². The van der Waals surface area contributed by atoms with Gasteiger partial charge >= 0.3 is 11.9 Å². The normalized spacial score (nSPS) is 11.3. The number of methoxy groups -OCH3 is 2. The van der Waals surface area contributed by atoms with Gasteiger partial charge in [0.25, 0.3) is 0 Å². The van der Waals surface area contributed by atoms with E-state index >= 15 is 0 Å². The summed E-state index contributed by atoms with van der Waals surface area (Å²) in [7, 11) is 2.54. The summed E-state index contributed by atoms with van der Waals surface area (Å²) in [4.78, 5) is 23.3. The van der Waals surface area contributed by atoms with Crippen LogP contribution in [0.25, 0.3) is 0 Å². The Morgan fingerprint density at radius 1 is 1.15 bits per heavy atom. The van der Waals surface area contributed by atoms with Crippen LogP contribution >= 0.6 is 0 Å². The molecule has 0 unspecified atom stereocenters. The Kier molecular flexibility index (Phi) is 9.43. The average molecular weight is 282 g/mol. The summed E-state index contributed by atoms with van der Waals surface area (Å²) in [6.45, 7) is 7.92. The molecule has 0 bridgehead atoms. The van der Waals surface area contributed by atoms with Gasteiger partial charge in [0.15, 0.2) is 5.92 Å². The average Bonchev–Trinajstić information content (AvgIpc) is 2.44. The van der Waals surface area contributed by atoms with Crippen LogP contribution in [0.3, 0.4) is 0 Å². The molecule has 0 radical (unpaired) electrons. The third-order valence-corrected chi connectivity index (χ3v) is 3.14. The van der Waals surface area contributed by atoms with Crippen molar-refractivity contribution >= 4 is 11.9 Å². The number of rotatable bonds is 9. The van der Waals surface area contributed by atoms with Crippen molar-refractivity contribution in [1.29, 1.82) is 0 Å². The predicted octanol–water partition coefficient (Wildman–Crippen LogP) is 3.42. The van der Waals surface area contributed by atoms with Crippen molar-refractivity contribution in [2.75, 3.05) is 14.2 Å². The van der Waals surface area contributed by atoms with Crippen molar-refractivity contribution in [3.05, 3.63) is 23.8 Å².